The van der Waals surface area contributed by atoms with Gasteiger partial charge in [0, 0.05) is 17.8 Å². The average molecular weight is 389 g/mol. The molecule has 0 spiro atoms. The van der Waals surface area contributed by atoms with Crippen molar-refractivity contribution in [1.29, 1.82) is 0 Å². The number of fused-ring (bicyclic) bond motifs is 1. The van der Waals surface area contributed by atoms with Gasteiger partial charge in [-0.15, -0.1) is 0 Å². The molecule has 0 radical (unpaired) electrons. The van der Waals surface area contributed by atoms with Crippen molar-refractivity contribution in [3.05, 3.63) is 48.8 Å². The summed E-state index contributed by atoms with van der Waals surface area (Å²) in [6.45, 7) is 3.27. The lowest BCUT2D eigenvalue weighted by Gasteiger charge is -2.29. The van der Waals surface area contributed by atoms with Gasteiger partial charge in [-0.05, 0) is 32.0 Å². The number of aromatic nitrogens is 4. The molecule has 1 aromatic carbocycles. The monoisotopic (exact) mass is 389 g/mol. The maximum Gasteiger partial charge on any atom is 0.224 e. The van der Waals surface area contributed by atoms with Crippen molar-refractivity contribution >= 4 is 17.6 Å². The van der Waals surface area contributed by atoms with Crippen molar-refractivity contribution in [2.75, 3.05) is 36.5 Å². The van der Waals surface area contributed by atoms with Crippen molar-refractivity contribution in [3.63, 3.8) is 0 Å². The van der Waals surface area contributed by atoms with Crippen LogP contribution in [-0.4, -0.2) is 52.2 Å². The zero-order chi connectivity index (χ0) is 19.5. The van der Waals surface area contributed by atoms with E-state index in [4.69, 9.17) is 14.7 Å². The van der Waals surface area contributed by atoms with Crippen LogP contribution in [0, 0.1) is 0 Å². The van der Waals surface area contributed by atoms with Crippen LogP contribution in [0.5, 0.6) is 5.75 Å². The molecule has 0 amide bonds. The topological polar surface area (TPSA) is 88.1 Å². The first kappa shape index (κ1) is 17.8. The largest absolute Gasteiger partial charge is 0.486 e. The fourth-order valence-corrected chi connectivity index (χ4v) is 3.68. The highest BCUT2D eigenvalue weighted by atomic mass is 16.5. The highest BCUT2D eigenvalue weighted by molar-refractivity contribution is 5.67. The van der Waals surface area contributed by atoms with Crippen LogP contribution in [0.4, 0.5) is 17.6 Å². The zero-order valence-corrected chi connectivity index (χ0v) is 16.1. The van der Waals surface area contributed by atoms with E-state index in [1.165, 1.54) is 0 Å². The molecule has 1 fully saturated rings. The van der Waals surface area contributed by atoms with Crippen molar-refractivity contribution in [2.45, 2.75) is 18.9 Å². The number of ether oxygens (including phenoxy) is 1. The number of anilines is 3. The van der Waals surface area contributed by atoms with E-state index in [0.717, 1.165) is 43.1 Å². The summed E-state index contributed by atoms with van der Waals surface area (Å²) in [6.07, 6.45) is 5.68. The number of hydrogen-bond donors (Lipinski definition) is 2. The molecule has 8 heteroatoms. The molecule has 2 aromatic heterocycles. The molecule has 0 bridgehead atoms. The second-order valence-corrected chi connectivity index (χ2v) is 7.15. The predicted octanol–water partition coefficient (Wildman–Crippen LogP) is 2.63. The third-order valence-corrected chi connectivity index (χ3v) is 5.19. The fourth-order valence-electron chi connectivity index (χ4n) is 3.68. The number of benzene rings is 1. The second-order valence-electron chi connectivity index (χ2n) is 7.15. The van der Waals surface area contributed by atoms with Crippen LogP contribution in [0.3, 0.4) is 0 Å². The third kappa shape index (κ3) is 3.84. The first-order valence-electron chi connectivity index (χ1n) is 10.00. The van der Waals surface area contributed by atoms with Crippen molar-refractivity contribution in [2.24, 2.45) is 0 Å². The van der Waals surface area contributed by atoms with E-state index in [2.05, 4.69) is 25.5 Å². The molecule has 148 valence electrons. The number of hydrogen-bond acceptors (Lipinski definition) is 8. The Balaban J connectivity index is 1.44. The van der Waals surface area contributed by atoms with E-state index in [1.807, 2.05) is 36.4 Å². The molecule has 2 aliphatic heterocycles. The highest BCUT2D eigenvalue weighted by Crippen LogP contribution is 2.35. The summed E-state index contributed by atoms with van der Waals surface area (Å²) >= 11 is 0. The van der Waals surface area contributed by atoms with Gasteiger partial charge in [0.15, 0.2) is 17.4 Å². The standard InChI is InChI=1S/C21H23N7O/c1-2-4-15(5-3-1)19-24-14-17-20(27-19)28(12-13-29-17)18-8-11-23-21(26-18)25-16-6-9-22-10-7-16/h1-5,8,11,14,16,22H,6-7,9-10,12-13H2,(H,23,25,26). The smallest absolute Gasteiger partial charge is 0.224 e. The Labute approximate surface area is 169 Å². The normalized spacial score (nSPS) is 16.8. The summed E-state index contributed by atoms with van der Waals surface area (Å²) in [7, 11) is 0. The summed E-state index contributed by atoms with van der Waals surface area (Å²) in [5.41, 5.74) is 0.969. The molecule has 0 aliphatic carbocycles. The lowest BCUT2D eigenvalue weighted by Crippen LogP contribution is -2.36. The van der Waals surface area contributed by atoms with Crippen LogP contribution >= 0.6 is 0 Å². The molecule has 2 N–H and O–H groups in total. The van der Waals surface area contributed by atoms with Crippen LogP contribution in [0.15, 0.2) is 48.8 Å². The molecule has 4 heterocycles. The van der Waals surface area contributed by atoms with Crippen molar-refractivity contribution in [1.82, 2.24) is 25.3 Å². The Morgan fingerprint density at radius 1 is 1.03 bits per heavy atom. The minimum atomic E-state index is 0.399. The Morgan fingerprint density at radius 2 is 1.90 bits per heavy atom. The minimum Gasteiger partial charge on any atom is -0.486 e. The minimum absolute atomic E-state index is 0.399. The van der Waals surface area contributed by atoms with Crippen LogP contribution in [-0.2, 0) is 0 Å². The Kier molecular flexibility index (Phi) is 4.92. The highest BCUT2D eigenvalue weighted by Gasteiger charge is 2.24. The maximum absolute atomic E-state index is 5.79. The quantitative estimate of drug-likeness (QED) is 0.704. The molecule has 5 rings (SSSR count). The first-order valence-corrected chi connectivity index (χ1v) is 10.00. The summed E-state index contributed by atoms with van der Waals surface area (Å²) in [6, 6.07) is 12.3. The molecule has 0 saturated carbocycles. The van der Waals surface area contributed by atoms with E-state index in [9.17, 15) is 0 Å². The van der Waals surface area contributed by atoms with Gasteiger partial charge in [0.2, 0.25) is 5.95 Å². The van der Waals surface area contributed by atoms with Crippen LogP contribution in [0.2, 0.25) is 0 Å². The van der Waals surface area contributed by atoms with Gasteiger partial charge in [-0.25, -0.2) is 15.0 Å². The fraction of sp³-hybridized carbons (Fsp3) is 0.333. The van der Waals surface area contributed by atoms with Crippen LogP contribution < -0.4 is 20.3 Å². The van der Waals surface area contributed by atoms with Gasteiger partial charge in [-0.3, -0.25) is 0 Å². The zero-order valence-electron chi connectivity index (χ0n) is 16.1. The molecule has 1 saturated heterocycles. The predicted molar refractivity (Wildman–Crippen MR) is 112 cm³/mol. The summed E-state index contributed by atoms with van der Waals surface area (Å²) < 4.78 is 5.79. The number of nitrogens with zero attached hydrogens (tertiary/aromatic N) is 5. The Hall–Kier alpha value is -3.26. The molecular formula is C21H23N7O. The molecule has 3 aromatic rings. The van der Waals surface area contributed by atoms with Gasteiger partial charge in [0.1, 0.15) is 12.4 Å². The second kappa shape index (κ2) is 8.00. The van der Waals surface area contributed by atoms with E-state index >= 15 is 0 Å². The van der Waals surface area contributed by atoms with E-state index in [-0.39, 0.29) is 0 Å². The molecule has 0 unspecified atom stereocenters. The molecule has 2 aliphatic rings. The van der Waals surface area contributed by atoms with Crippen molar-refractivity contribution < 1.29 is 4.74 Å². The SMILES string of the molecule is c1ccc(-c2ncc3c(n2)N(c2ccnc(NC4CCNCC4)n2)CCO3)cc1. The van der Waals surface area contributed by atoms with Gasteiger partial charge >= 0.3 is 0 Å². The number of rotatable bonds is 4. The van der Waals surface area contributed by atoms with E-state index in [0.29, 0.717) is 36.7 Å². The summed E-state index contributed by atoms with van der Waals surface area (Å²) in [5, 5.41) is 6.84. The average Bonchev–Trinajstić information content (AvgIpc) is 2.80. The summed E-state index contributed by atoms with van der Waals surface area (Å²) in [5.74, 6) is 3.53. The van der Waals surface area contributed by atoms with Gasteiger partial charge < -0.3 is 20.3 Å². The van der Waals surface area contributed by atoms with E-state index < -0.39 is 0 Å². The van der Waals surface area contributed by atoms with Gasteiger partial charge in [0.25, 0.3) is 0 Å². The number of nitrogens with one attached hydrogen (secondary N) is 2. The lowest BCUT2D eigenvalue weighted by atomic mass is 10.1. The Morgan fingerprint density at radius 3 is 2.76 bits per heavy atom. The third-order valence-electron chi connectivity index (χ3n) is 5.19. The van der Waals surface area contributed by atoms with E-state index in [1.54, 1.807) is 12.4 Å². The van der Waals surface area contributed by atoms with Gasteiger partial charge in [-0.1, -0.05) is 30.3 Å². The van der Waals surface area contributed by atoms with Gasteiger partial charge in [0.05, 0.1) is 12.7 Å². The van der Waals surface area contributed by atoms with Crippen LogP contribution in [0.1, 0.15) is 12.8 Å². The molecule has 29 heavy (non-hydrogen) atoms. The Bertz CT molecular complexity index is 976. The molecular weight excluding hydrogens is 366 g/mol. The van der Waals surface area contributed by atoms with Gasteiger partial charge in [-0.2, -0.15) is 4.98 Å². The molecule has 8 nitrogen and oxygen atoms in total. The van der Waals surface area contributed by atoms with Crippen molar-refractivity contribution in [3.8, 4) is 17.1 Å². The summed E-state index contributed by atoms with van der Waals surface area (Å²) in [4.78, 5) is 20.5. The molecule has 0 atom stereocenters. The lowest BCUT2D eigenvalue weighted by molar-refractivity contribution is 0.310. The number of piperidine rings is 1. The van der Waals surface area contributed by atoms with Crippen LogP contribution in [0.25, 0.3) is 11.4 Å². The maximum atomic E-state index is 5.79. The first-order chi connectivity index (χ1) is 14.4.